The maximum Gasteiger partial charge on any atom is 0.140 e. The highest BCUT2D eigenvalue weighted by Gasteiger charge is 2.41. The van der Waals surface area contributed by atoms with E-state index < -0.39 is 0 Å². The van der Waals surface area contributed by atoms with Crippen molar-refractivity contribution in [1.29, 1.82) is 0 Å². The Morgan fingerprint density at radius 2 is 2.00 bits per heavy atom. The molecule has 1 N–H and O–H groups in total. The number of hydrogen-bond donors (Lipinski definition) is 1. The summed E-state index contributed by atoms with van der Waals surface area (Å²) >= 11 is 9.37. The van der Waals surface area contributed by atoms with Gasteiger partial charge in [-0.15, -0.1) is 0 Å². The van der Waals surface area contributed by atoms with Crippen molar-refractivity contribution in [3.05, 3.63) is 21.8 Å². The molecule has 2 nitrogen and oxygen atoms in total. The second kappa shape index (κ2) is 4.77. The first-order chi connectivity index (χ1) is 8.24. The van der Waals surface area contributed by atoms with Gasteiger partial charge in [0.2, 0.25) is 0 Å². The standard InChI is InChI=1S/C13H16BrClN2/c14-12-5-10(15)6-16-13(12)17-7-11(8-1-2-8)9-3-4-9/h5-6,8-9,11H,1-4,7H2,(H,16,17). The van der Waals surface area contributed by atoms with Gasteiger partial charge in [-0.3, -0.25) is 0 Å². The number of nitrogens with one attached hydrogen (secondary N) is 1. The molecule has 0 amide bonds. The van der Waals surface area contributed by atoms with Crippen molar-refractivity contribution in [3.8, 4) is 0 Å². The van der Waals surface area contributed by atoms with Gasteiger partial charge in [-0.25, -0.2) is 4.98 Å². The first kappa shape index (κ1) is 11.8. The Bertz CT molecular complexity index is 404. The molecule has 3 rings (SSSR count). The highest BCUT2D eigenvalue weighted by molar-refractivity contribution is 9.10. The van der Waals surface area contributed by atoms with Crippen LogP contribution >= 0.6 is 27.5 Å². The summed E-state index contributed by atoms with van der Waals surface area (Å²) in [7, 11) is 0. The molecule has 92 valence electrons. The molecule has 0 aromatic carbocycles. The summed E-state index contributed by atoms with van der Waals surface area (Å²) in [5, 5.41) is 4.14. The lowest BCUT2D eigenvalue weighted by molar-refractivity contribution is 0.427. The fourth-order valence-electron chi connectivity index (χ4n) is 2.53. The van der Waals surface area contributed by atoms with E-state index in [0.717, 1.165) is 34.6 Å². The van der Waals surface area contributed by atoms with Crippen molar-refractivity contribution in [2.45, 2.75) is 25.7 Å². The quantitative estimate of drug-likeness (QED) is 0.874. The van der Waals surface area contributed by atoms with Crippen molar-refractivity contribution < 1.29 is 0 Å². The van der Waals surface area contributed by atoms with Crippen molar-refractivity contribution in [2.75, 3.05) is 11.9 Å². The molecule has 1 heterocycles. The molecule has 17 heavy (non-hydrogen) atoms. The summed E-state index contributed by atoms with van der Waals surface area (Å²) in [6, 6.07) is 1.89. The van der Waals surface area contributed by atoms with Crippen LogP contribution in [0.5, 0.6) is 0 Å². The van der Waals surface area contributed by atoms with Crippen LogP contribution in [0.1, 0.15) is 25.7 Å². The van der Waals surface area contributed by atoms with Gasteiger partial charge in [-0.1, -0.05) is 11.6 Å². The maximum absolute atomic E-state index is 5.88. The zero-order valence-electron chi connectivity index (χ0n) is 9.63. The Kier molecular flexibility index (Phi) is 3.31. The fourth-order valence-corrected chi connectivity index (χ4v) is 3.31. The summed E-state index contributed by atoms with van der Waals surface area (Å²) in [5.41, 5.74) is 0. The lowest BCUT2D eigenvalue weighted by Crippen LogP contribution is -2.18. The van der Waals surface area contributed by atoms with Crippen LogP contribution in [0.15, 0.2) is 16.7 Å². The first-order valence-corrected chi connectivity index (χ1v) is 7.46. The molecule has 4 heteroatoms. The maximum atomic E-state index is 5.88. The Morgan fingerprint density at radius 1 is 1.35 bits per heavy atom. The van der Waals surface area contributed by atoms with Crippen LogP contribution in [0.3, 0.4) is 0 Å². The Labute approximate surface area is 115 Å². The zero-order chi connectivity index (χ0) is 11.8. The first-order valence-electron chi connectivity index (χ1n) is 6.29. The van der Waals surface area contributed by atoms with Crippen LogP contribution in [-0.2, 0) is 0 Å². The largest absolute Gasteiger partial charge is 0.369 e. The molecular formula is C13H16BrClN2. The van der Waals surface area contributed by atoms with Gasteiger partial charge in [-0.05, 0) is 65.4 Å². The van der Waals surface area contributed by atoms with Crippen molar-refractivity contribution in [3.63, 3.8) is 0 Å². The second-order valence-corrected chi connectivity index (χ2v) is 6.49. The summed E-state index contributed by atoms with van der Waals surface area (Å²) in [4.78, 5) is 4.32. The average Bonchev–Trinajstić information content (AvgIpc) is 3.15. The van der Waals surface area contributed by atoms with E-state index >= 15 is 0 Å². The molecule has 0 unspecified atom stereocenters. The van der Waals surface area contributed by atoms with Crippen LogP contribution in [0.2, 0.25) is 5.02 Å². The van der Waals surface area contributed by atoms with Crippen LogP contribution in [0.25, 0.3) is 0 Å². The predicted octanol–water partition coefficient (Wildman–Crippen LogP) is 4.35. The van der Waals surface area contributed by atoms with Crippen LogP contribution in [-0.4, -0.2) is 11.5 Å². The van der Waals surface area contributed by atoms with Crippen molar-refractivity contribution in [2.24, 2.45) is 17.8 Å². The number of pyridine rings is 1. The van der Waals surface area contributed by atoms with E-state index in [9.17, 15) is 0 Å². The molecule has 0 bridgehead atoms. The van der Waals surface area contributed by atoms with Gasteiger partial charge in [0.15, 0.2) is 0 Å². The van der Waals surface area contributed by atoms with Gasteiger partial charge in [0, 0.05) is 12.7 Å². The summed E-state index contributed by atoms with van der Waals surface area (Å²) in [6.07, 6.45) is 7.41. The smallest absolute Gasteiger partial charge is 0.140 e. The van der Waals surface area contributed by atoms with Crippen molar-refractivity contribution >= 4 is 33.3 Å². The third-order valence-corrected chi connectivity index (χ3v) is 4.58. The van der Waals surface area contributed by atoms with E-state index in [2.05, 4.69) is 26.2 Å². The Hall–Kier alpha value is -0.280. The molecular weight excluding hydrogens is 300 g/mol. The highest BCUT2D eigenvalue weighted by atomic mass is 79.9. The number of nitrogens with zero attached hydrogens (tertiary/aromatic N) is 1. The van der Waals surface area contributed by atoms with Gasteiger partial charge >= 0.3 is 0 Å². The number of rotatable bonds is 5. The SMILES string of the molecule is Clc1cnc(NCC(C2CC2)C2CC2)c(Br)c1. The molecule has 2 aliphatic rings. The molecule has 1 aromatic heterocycles. The van der Waals surface area contributed by atoms with E-state index in [1.807, 2.05) is 6.07 Å². The van der Waals surface area contributed by atoms with E-state index in [1.165, 1.54) is 25.7 Å². The van der Waals surface area contributed by atoms with Gasteiger partial charge in [-0.2, -0.15) is 0 Å². The normalized spacial score (nSPS) is 19.7. The van der Waals surface area contributed by atoms with E-state index in [4.69, 9.17) is 11.6 Å². The third kappa shape index (κ3) is 2.94. The fraction of sp³-hybridized carbons (Fsp3) is 0.615. The molecule has 0 atom stereocenters. The van der Waals surface area contributed by atoms with Gasteiger partial charge in [0.1, 0.15) is 5.82 Å². The topological polar surface area (TPSA) is 24.9 Å². The molecule has 1 aromatic rings. The molecule has 2 aliphatic carbocycles. The number of hydrogen-bond acceptors (Lipinski definition) is 2. The van der Waals surface area contributed by atoms with Crippen molar-refractivity contribution in [1.82, 2.24) is 4.98 Å². The molecule has 2 saturated carbocycles. The third-order valence-electron chi connectivity index (χ3n) is 3.77. The molecule has 0 radical (unpaired) electrons. The molecule has 0 spiro atoms. The predicted molar refractivity (Wildman–Crippen MR) is 74.4 cm³/mol. The summed E-state index contributed by atoms with van der Waals surface area (Å²) in [6.45, 7) is 1.06. The van der Waals surface area contributed by atoms with Crippen LogP contribution in [0, 0.1) is 17.8 Å². The lowest BCUT2D eigenvalue weighted by Gasteiger charge is -2.17. The zero-order valence-corrected chi connectivity index (χ0v) is 12.0. The van der Waals surface area contributed by atoms with E-state index in [1.54, 1.807) is 6.20 Å². The van der Waals surface area contributed by atoms with Crippen LogP contribution < -0.4 is 5.32 Å². The van der Waals surface area contributed by atoms with Gasteiger partial charge < -0.3 is 5.32 Å². The minimum Gasteiger partial charge on any atom is -0.369 e. The van der Waals surface area contributed by atoms with Gasteiger partial charge in [0.25, 0.3) is 0 Å². The lowest BCUT2D eigenvalue weighted by atomic mass is 9.98. The molecule has 0 aliphatic heterocycles. The second-order valence-electron chi connectivity index (χ2n) is 5.20. The molecule has 0 saturated heterocycles. The summed E-state index contributed by atoms with van der Waals surface area (Å²) in [5.74, 6) is 3.72. The Morgan fingerprint density at radius 3 is 2.53 bits per heavy atom. The Balaban J connectivity index is 1.62. The monoisotopic (exact) mass is 314 g/mol. The summed E-state index contributed by atoms with van der Waals surface area (Å²) < 4.78 is 0.954. The van der Waals surface area contributed by atoms with Gasteiger partial charge in [0.05, 0.1) is 9.50 Å². The average molecular weight is 316 g/mol. The highest BCUT2D eigenvalue weighted by Crippen LogP contribution is 2.49. The van der Waals surface area contributed by atoms with E-state index in [-0.39, 0.29) is 0 Å². The van der Waals surface area contributed by atoms with Crippen LogP contribution in [0.4, 0.5) is 5.82 Å². The minimum absolute atomic E-state index is 0.670. The minimum atomic E-state index is 0.670. The number of halogens is 2. The number of aromatic nitrogens is 1. The van der Waals surface area contributed by atoms with E-state index in [0.29, 0.717) is 5.02 Å². The number of anilines is 1. The molecule has 2 fully saturated rings.